The molecule has 1 saturated heterocycles. The summed E-state index contributed by atoms with van der Waals surface area (Å²) < 4.78 is 12.5. The second-order valence-electron chi connectivity index (χ2n) is 6.29. The fourth-order valence-corrected chi connectivity index (χ4v) is 4.86. The number of aromatic amines is 1. The second-order valence-corrected chi connectivity index (χ2v) is 8.50. The van der Waals surface area contributed by atoms with E-state index in [1.807, 2.05) is 23.9 Å². The number of hydrogen-bond acceptors (Lipinski definition) is 5. The first-order valence-corrected chi connectivity index (χ1v) is 10.1. The molecule has 0 atom stereocenters. The normalized spacial score (nSPS) is 20.9. The van der Waals surface area contributed by atoms with Crippen LogP contribution in [0.4, 0.5) is 0 Å². The van der Waals surface area contributed by atoms with E-state index in [4.69, 9.17) is 9.47 Å². The smallest absolute Gasteiger partial charge is 0.258 e. The molecule has 2 aromatic rings. The van der Waals surface area contributed by atoms with E-state index in [-0.39, 0.29) is 11.3 Å². The van der Waals surface area contributed by atoms with Crippen LogP contribution in [0, 0.1) is 0 Å². The van der Waals surface area contributed by atoms with Gasteiger partial charge in [0.2, 0.25) is 0 Å². The molecule has 128 valence electrons. The van der Waals surface area contributed by atoms with E-state index in [1.54, 1.807) is 6.07 Å². The third-order valence-corrected chi connectivity index (χ3v) is 6.56. The first-order valence-electron chi connectivity index (χ1n) is 8.22. The molecule has 1 saturated carbocycles. The molecule has 1 aromatic carbocycles. The number of nitrogens with zero attached hydrogens (tertiary/aromatic N) is 1. The van der Waals surface area contributed by atoms with Gasteiger partial charge in [-0.1, -0.05) is 15.9 Å². The Kier molecular flexibility index (Phi) is 4.68. The highest BCUT2D eigenvalue weighted by Crippen LogP contribution is 2.40. The van der Waals surface area contributed by atoms with Crippen LogP contribution < -0.4 is 5.56 Å². The first-order chi connectivity index (χ1) is 11.6. The maximum absolute atomic E-state index is 12.2. The van der Waals surface area contributed by atoms with Crippen molar-refractivity contribution in [3.63, 3.8) is 0 Å². The lowest BCUT2D eigenvalue weighted by Gasteiger charge is -2.35. The van der Waals surface area contributed by atoms with Crippen LogP contribution in [0.3, 0.4) is 0 Å². The minimum absolute atomic E-state index is 0.0709. The SMILES string of the molecule is O=c1[nH]c(CSC2CCC3(CC2)OCCO3)nc2cc(Br)ccc12. The minimum Gasteiger partial charge on any atom is -0.348 e. The third-order valence-electron chi connectivity index (χ3n) is 4.68. The number of H-pyrrole nitrogens is 1. The molecule has 0 amide bonds. The van der Waals surface area contributed by atoms with Crippen molar-refractivity contribution in [1.82, 2.24) is 9.97 Å². The highest BCUT2D eigenvalue weighted by atomic mass is 79.9. The number of fused-ring (bicyclic) bond motifs is 1. The van der Waals surface area contributed by atoms with Crippen LogP contribution in [0.1, 0.15) is 31.5 Å². The van der Waals surface area contributed by atoms with Gasteiger partial charge >= 0.3 is 0 Å². The van der Waals surface area contributed by atoms with Crippen molar-refractivity contribution in [3.05, 3.63) is 38.9 Å². The molecule has 0 unspecified atom stereocenters. The number of nitrogens with one attached hydrogen (secondary N) is 1. The zero-order chi connectivity index (χ0) is 16.6. The summed E-state index contributed by atoms with van der Waals surface area (Å²) in [6.45, 7) is 1.44. The monoisotopic (exact) mass is 410 g/mol. The van der Waals surface area contributed by atoms with Crippen molar-refractivity contribution in [2.45, 2.75) is 42.5 Å². The maximum Gasteiger partial charge on any atom is 0.258 e. The van der Waals surface area contributed by atoms with E-state index in [0.29, 0.717) is 10.6 Å². The number of ether oxygens (including phenoxy) is 2. The Morgan fingerprint density at radius 3 is 2.79 bits per heavy atom. The zero-order valence-electron chi connectivity index (χ0n) is 13.2. The number of benzene rings is 1. The second kappa shape index (κ2) is 6.78. The molecule has 1 aromatic heterocycles. The lowest BCUT2D eigenvalue weighted by Crippen LogP contribution is -2.36. The number of halogens is 1. The van der Waals surface area contributed by atoms with Gasteiger partial charge in [-0.3, -0.25) is 4.79 Å². The van der Waals surface area contributed by atoms with Gasteiger partial charge in [0, 0.05) is 22.6 Å². The van der Waals surface area contributed by atoms with Crippen molar-refractivity contribution < 1.29 is 9.47 Å². The fourth-order valence-electron chi connectivity index (χ4n) is 3.41. The number of hydrogen-bond donors (Lipinski definition) is 1. The summed E-state index contributed by atoms with van der Waals surface area (Å²) >= 11 is 5.29. The molecule has 1 spiro atoms. The van der Waals surface area contributed by atoms with Crippen molar-refractivity contribution in [2.75, 3.05) is 13.2 Å². The van der Waals surface area contributed by atoms with Crippen LogP contribution >= 0.6 is 27.7 Å². The van der Waals surface area contributed by atoms with Gasteiger partial charge < -0.3 is 14.5 Å². The largest absolute Gasteiger partial charge is 0.348 e. The summed E-state index contributed by atoms with van der Waals surface area (Å²) in [6, 6.07) is 5.54. The van der Waals surface area contributed by atoms with Gasteiger partial charge in [0.15, 0.2) is 5.79 Å². The van der Waals surface area contributed by atoms with E-state index in [0.717, 1.165) is 60.5 Å². The lowest BCUT2D eigenvalue weighted by atomic mass is 9.94. The average molecular weight is 411 g/mol. The molecular weight excluding hydrogens is 392 g/mol. The van der Waals surface area contributed by atoms with Crippen LogP contribution in [0.5, 0.6) is 0 Å². The van der Waals surface area contributed by atoms with Crippen molar-refractivity contribution >= 4 is 38.6 Å². The number of thioether (sulfide) groups is 1. The Bertz CT molecular complexity index is 794. The van der Waals surface area contributed by atoms with E-state index < -0.39 is 0 Å². The molecule has 5 nitrogen and oxygen atoms in total. The number of rotatable bonds is 3. The summed E-state index contributed by atoms with van der Waals surface area (Å²) in [7, 11) is 0. The van der Waals surface area contributed by atoms with E-state index in [2.05, 4.69) is 25.9 Å². The van der Waals surface area contributed by atoms with Crippen LogP contribution in [0.2, 0.25) is 0 Å². The Balaban J connectivity index is 1.41. The fraction of sp³-hybridized carbons (Fsp3) is 0.529. The predicted octanol–water partition coefficient (Wildman–Crippen LogP) is 3.60. The van der Waals surface area contributed by atoms with E-state index in [9.17, 15) is 4.79 Å². The summed E-state index contributed by atoms with van der Waals surface area (Å²) in [6.07, 6.45) is 4.07. The summed E-state index contributed by atoms with van der Waals surface area (Å²) in [5, 5.41) is 1.19. The molecule has 7 heteroatoms. The molecular formula is C17H19BrN2O3S. The molecule has 2 fully saturated rings. The topological polar surface area (TPSA) is 64.2 Å². The average Bonchev–Trinajstić information content (AvgIpc) is 3.02. The third kappa shape index (κ3) is 3.40. The Morgan fingerprint density at radius 2 is 2.04 bits per heavy atom. The molecule has 1 aliphatic heterocycles. The van der Waals surface area contributed by atoms with Gasteiger partial charge in [-0.2, -0.15) is 11.8 Å². The minimum atomic E-state index is -0.307. The molecule has 2 heterocycles. The van der Waals surface area contributed by atoms with Crippen molar-refractivity contribution in [1.29, 1.82) is 0 Å². The van der Waals surface area contributed by atoms with Crippen LogP contribution in [0.25, 0.3) is 10.9 Å². The van der Waals surface area contributed by atoms with Gasteiger partial charge in [0.25, 0.3) is 5.56 Å². The summed E-state index contributed by atoms with van der Waals surface area (Å²) in [5.41, 5.74) is 0.664. The Labute approximate surface area is 152 Å². The van der Waals surface area contributed by atoms with Crippen molar-refractivity contribution in [3.8, 4) is 0 Å². The van der Waals surface area contributed by atoms with E-state index in [1.165, 1.54) is 0 Å². The van der Waals surface area contributed by atoms with Gasteiger partial charge in [-0.25, -0.2) is 4.98 Å². The lowest BCUT2D eigenvalue weighted by molar-refractivity contribution is -0.175. The van der Waals surface area contributed by atoms with E-state index >= 15 is 0 Å². The Hall–Kier alpha value is -0.890. The van der Waals surface area contributed by atoms with Gasteiger partial charge in [-0.05, 0) is 31.0 Å². The molecule has 0 radical (unpaired) electrons. The Morgan fingerprint density at radius 1 is 1.29 bits per heavy atom. The van der Waals surface area contributed by atoms with Gasteiger partial charge in [0.05, 0.1) is 29.9 Å². The molecule has 1 N–H and O–H groups in total. The summed E-state index contributed by atoms with van der Waals surface area (Å²) in [4.78, 5) is 19.7. The molecule has 0 bridgehead atoms. The summed E-state index contributed by atoms with van der Waals surface area (Å²) in [5.74, 6) is 1.15. The molecule has 24 heavy (non-hydrogen) atoms. The van der Waals surface area contributed by atoms with Gasteiger partial charge in [0.1, 0.15) is 5.82 Å². The number of aromatic nitrogens is 2. The molecule has 4 rings (SSSR count). The van der Waals surface area contributed by atoms with Crippen LogP contribution in [-0.4, -0.2) is 34.2 Å². The highest BCUT2D eigenvalue weighted by Gasteiger charge is 2.40. The van der Waals surface area contributed by atoms with Gasteiger partial charge in [-0.15, -0.1) is 0 Å². The maximum atomic E-state index is 12.2. The van der Waals surface area contributed by atoms with Crippen LogP contribution in [0.15, 0.2) is 27.5 Å². The first kappa shape index (κ1) is 16.6. The van der Waals surface area contributed by atoms with Crippen molar-refractivity contribution in [2.24, 2.45) is 0 Å². The molecule has 1 aliphatic carbocycles. The highest BCUT2D eigenvalue weighted by molar-refractivity contribution is 9.10. The zero-order valence-corrected chi connectivity index (χ0v) is 15.6. The molecule has 2 aliphatic rings. The quantitative estimate of drug-likeness (QED) is 0.836. The van der Waals surface area contributed by atoms with Crippen LogP contribution in [-0.2, 0) is 15.2 Å². The predicted molar refractivity (Wildman–Crippen MR) is 98.2 cm³/mol. The standard InChI is InChI=1S/C17H19BrN2O3S/c18-11-1-2-13-14(9-11)19-15(20-16(13)21)10-24-12-3-5-17(6-4-12)22-7-8-23-17/h1-2,9,12H,3-8,10H2,(H,19,20,21).